The van der Waals surface area contributed by atoms with E-state index < -0.39 is 0 Å². The fourth-order valence-corrected chi connectivity index (χ4v) is 6.67. The molecule has 3 fully saturated rings. The van der Waals surface area contributed by atoms with Gasteiger partial charge in [-0.1, -0.05) is 19.9 Å². The van der Waals surface area contributed by atoms with Crippen LogP contribution in [0, 0.1) is 5.92 Å². The second kappa shape index (κ2) is 12.4. The number of rotatable bonds is 7. The van der Waals surface area contributed by atoms with E-state index in [2.05, 4.69) is 52.1 Å². The number of benzene rings is 1. The van der Waals surface area contributed by atoms with Crippen LogP contribution in [0.3, 0.4) is 0 Å². The Morgan fingerprint density at radius 1 is 1.00 bits per heavy atom. The number of nitrogen functional groups attached to an aromatic ring is 1. The molecule has 3 saturated heterocycles. The maximum Gasteiger partial charge on any atom is 0.151 e. The first kappa shape index (κ1) is 28.0. The van der Waals surface area contributed by atoms with E-state index in [9.17, 15) is 0 Å². The third-order valence-corrected chi connectivity index (χ3v) is 9.33. The minimum absolute atomic E-state index is 0.324. The van der Waals surface area contributed by atoms with Gasteiger partial charge >= 0.3 is 0 Å². The van der Waals surface area contributed by atoms with E-state index in [4.69, 9.17) is 25.2 Å². The van der Waals surface area contributed by atoms with Gasteiger partial charge in [-0.15, -0.1) is 0 Å². The summed E-state index contributed by atoms with van der Waals surface area (Å²) in [5, 5.41) is 3.64. The van der Waals surface area contributed by atoms with Crippen LogP contribution < -0.4 is 20.7 Å². The molecule has 0 aliphatic carbocycles. The van der Waals surface area contributed by atoms with Crippen molar-refractivity contribution < 1.29 is 9.47 Å². The average molecular weight is 560 g/mol. The fraction of sp³-hybridized carbons (Fsp3) is 0.594. The summed E-state index contributed by atoms with van der Waals surface area (Å²) in [4.78, 5) is 19.8. The van der Waals surface area contributed by atoms with Gasteiger partial charge in [0.1, 0.15) is 22.6 Å². The molecule has 0 amide bonds. The third-order valence-electron chi connectivity index (χ3n) is 9.33. The van der Waals surface area contributed by atoms with E-state index in [1.165, 1.54) is 38.8 Å². The summed E-state index contributed by atoms with van der Waals surface area (Å²) in [6.45, 7) is 10.6. The molecule has 41 heavy (non-hydrogen) atoms. The van der Waals surface area contributed by atoms with Crippen LogP contribution in [0.15, 0.2) is 24.4 Å². The Kier molecular flexibility index (Phi) is 8.44. The minimum Gasteiger partial charge on any atom is -0.495 e. The van der Waals surface area contributed by atoms with Crippen LogP contribution >= 0.6 is 0 Å². The molecule has 6 rings (SSSR count). The van der Waals surface area contributed by atoms with Gasteiger partial charge < -0.3 is 30.3 Å². The van der Waals surface area contributed by atoms with Crippen LogP contribution in [0.1, 0.15) is 58.1 Å². The molecule has 1 aromatic carbocycles. The molecule has 9 heteroatoms. The number of ether oxygens (including phenoxy) is 2. The monoisotopic (exact) mass is 559 g/mol. The number of nitrogens with one attached hydrogen (secondary N) is 1. The number of aryl methyl sites for hydroxylation is 1. The van der Waals surface area contributed by atoms with Gasteiger partial charge in [-0.3, -0.25) is 0 Å². The largest absolute Gasteiger partial charge is 0.495 e. The van der Waals surface area contributed by atoms with E-state index in [-0.39, 0.29) is 0 Å². The van der Waals surface area contributed by atoms with Crippen LogP contribution in [0.25, 0.3) is 22.2 Å². The zero-order valence-electron chi connectivity index (χ0n) is 24.9. The van der Waals surface area contributed by atoms with Crippen molar-refractivity contribution >= 4 is 28.4 Å². The van der Waals surface area contributed by atoms with Crippen LogP contribution in [0.4, 0.5) is 17.3 Å². The number of anilines is 3. The van der Waals surface area contributed by atoms with Gasteiger partial charge in [0, 0.05) is 50.1 Å². The Labute approximate surface area is 243 Å². The normalized spacial score (nSPS) is 20.0. The molecule has 0 atom stereocenters. The van der Waals surface area contributed by atoms with Crippen molar-refractivity contribution in [1.82, 2.24) is 19.9 Å². The van der Waals surface area contributed by atoms with E-state index >= 15 is 0 Å². The second-order valence-corrected chi connectivity index (χ2v) is 12.0. The Morgan fingerprint density at radius 2 is 1.76 bits per heavy atom. The fourth-order valence-electron chi connectivity index (χ4n) is 6.67. The number of aromatic nitrogens is 3. The predicted molar refractivity (Wildman–Crippen MR) is 166 cm³/mol. The minimum atomic E-state index is 0.324. The van der Waals surface area contributed by atoms with Gasteiger partial charge in [0.25, 0.3) is 0 Å². The lowest BCUT2D eigenvalue weighted by Crippen LogP contribution is -2.47. The van der Waals surface area contributed by atoms with Gasteiger partial charge in [0.15, 0.2) is 5.82 Å². The number of hydrogen-bond donors (Lipinski definition) is 2. The van der Waals surface area contributed by atoms with Gasteiger partial charge in [0.05, 0.1) is 18.5 Å². The lowest BCUT2D eigenvalue weighted by Gasteiger charge is -2.42. The highest BCUT2D eigenvalue weighted by Gasteiger charge is 2.28. The number of pyridine rings is 1. The maximum atomic E-state index is 6.33. The Morgan fingerprint density at radius 3 is 2.46 bits per heavy atom. The third kappa shape index (κ3) is 5.93. The summed E-state index contributed by atoms with van der Waals surface area (Å²) in [6, 6.07) is 7.48. The highest BCUT2D eigenvalue weighted by Crippen LogP contribution is 2.38. The van der Waals surface area contributed by atoms with Crippen molar-refractivity contribution in [3.05, 3.63) is 30.1 Å². The standard InChI is InChI=1S/C32H45N7O2/c1-4-26-32(35-23-11-17-41-18-12-23)37-29-25(20-34-31(33)30(29)36-26)22-5-6-27(28(19-22)40-3)39-15-9-24(10-16-39)38-13-7-21(2)8-14-38/h5-6,19-21,23-24H,4,7-18H2,1-3H3,(H2,33,34)(H,35,37). The molecule has 5 heterocycles. The molecule has 3 aromatic rings. The summed E-state index contributed by atoms with van der Waals surface area (Å²) in [5.41, 5.74) is 11.7. The van der Waals surface area contributed by atoms with E-state index in [1.54, 1.807) is 7.11 Å². The SMILES string of the molecule is CCc1nc2c(N)ncc(-c3ccc(N4CCC(N5CCC(C)CC5)CC4)c(OC)c3)c2nc1NC1CCOCC1. The van der Waals surface area contributed by atoms with Crippen molar-refractivity contribution in [1.29, 1.82) is 0 Å². The summed E-state index contributed by atoms with van der Waals surface area (Å²) >= 11 is 0. The lowest BCUT2D eigenvalue weighted by atomic mass is 9.94. The van der Waals surface area contributed by atoms with Crippen molar-refractivity contribution in [2.75, 3.05) is 62.5 Å². The highest BCUT2D eigenvalue weighted by molar-refractivity contribution is 5.97. The Balaban J connectivity index is 1.26. The molecule has 3 aliphatic heterocycles. The first-order chi connectivity index (χ1) is 20.0. The first-order valence-corrected chi connectivity index (χ1v) is 15.5. The van der Waals surface area contributed by atoms with Gasteiger partial charge in [-0.05, 0) is 81.6 Å². The number of methoxy groups -OCH3 is 1. The number of piperidine rings is 2. The molecule has 2 aromatic heterocycles. The number of nitrogens with zero attached hydrogens (tertiary/aromatic N) is 5. The van der Waals surface area contributed by atoms with Crippen molar-refractivity contribution in [3.8, 4) is 16.9 Å². The number of nitrogens with two attached hydrogens (primary N) is 1. The molecule has 3 aliphatic rings. The average Bonchev–Trinajstić information content (AvgIpc) is 3.02. The molecule has 0 unspecified atom stereocenters. The summed E-state index contributed by atoms with van der Waals surface area (Å²) in [7, 11) is 1.76. The molecule has 0 radical (unpaired) electrons. The lowest BCUT2D eigenvalue weighted by molar-refractivity contribution is 0.0903. The van der Waals surface area contributed by atoms with Crippen LogP contribution in [-0.2, 0) is 11.2 Å². The topological polar surface area (TPSA) is 102 Å². The van der Waals surface area contributed by atoms with Crippen molar-refractivity contribution in [3.63, 3.8) is 0 Å². The first-order valence-electron chi connectivity index (χ1n) is 15.5. The van der Waals surface area contributed by atoms with Gasteiger partial charge in [-0.25, -0.2) is 15.0 Å². The summed E-state index contributed by atoms with van der Waals surface area (Å²) < 4.78 is 11.5. The van der Waals surface area contributed by atoms with Crippen LogP contribution in [0.5, 0.6) is 5.75 Å². The van der Waals surface area contributed by atoms with E-state index in [0.29, 0.717) is 23.4 Å². The molecule has 3 N–H and O–H groups in total. The molecular weight excluding hydrogens is 514 g/mol. The van der Waals surface area contributed by atoms with E-state index in [0.717, 1.165) is 91.1 Å². The molecule has 220 valence electrons. The summed E-state index contributed by atoms with van der Waals surface area (Å²) in [5.74, 6) is 2.97. The van der Waals surface area contributed by atoms with Gasteiger partial charge in [-0.2, -0.15) is 0 Å². The smallest absolute Gasteiger partial charge is 0.151 e. The van der Waals surface area contributed by atoms with Crippen LogP contribution in [0.2, 0.25) is 0 Å². The predicted octanol–water partition coefficient (Wildman–Crippen LogP) is 5.14. The van der Waals surface area contributed by atoms with E-state index in [1.807, 2.05) is 6.20 Å². The zero-order valence-corrected chi connectivity index (χ0v) is 24.9. The summed E-state index contributed by atoms with van der Waals surface area (Å²) in [6.07, 6.45) is 9.56. The Hall–Kier alpha value is -3.17. The maximum absolute atomic E-state index is 6.33. The van der Waals surface area contributed by atoms with Crippen molar-refractivity contribution in [2.24, 2.45) is 5.92 Å². The molecule has 9 nitrogen and oxygen atoms in total. The highest BCUT2D eigenvalue weighted by atomic mass is 16.5. The van der Waals surface area contributed by atoms with Crippen molar-refractivity contribution in [2.45, 2.75) is 70.9 Å². The quantitative estimate of drug-likeness (QED) is 0.408. The molecule has 0 bridgehead atoms. The molecule has 0 saturated carbocycles. The number of likely N-dealkylation sites (tertiary alicyclic amines) is 1. The Bertz CT molecular complexity index is 1340. The van der Waals surface area contributed by atoms with Crippen LogP contribution in [-0.4, -0.2) is 78.4 Å². The molecule has 0 spiro atoms. The number of fused-ring (bicyclic) bond motifs is 1. The second-order valence-electron chi connectivity index (χ2n) is 12.0. The molecular formula is C32H45N7O2. The zero-order chi connectivity index (χ0) is 28.3. The van der Waals surface area contributed by atoms with Gasteiger partial charge in [0.2, 0.25) is 0 Å². The number of hydrogen-bond acceptors (Lipinski definition) is 9.